The molecule has 4 nitrogen and oxygen atoms in total. The standard InChI is InChI=1S/C14H20O4/c1-10(16-2)8-12(15)11-4-5-13-14(9-11)18-7-3-6-17-13/h4-5,9-10,12,15H,3,6-8H2,1-2H3. The summed E-state index contributed by atoms with van der Waals surface area (Å²) in [6.45, 7) is 3.27. The maximum atomic E-state index is 10.1. The van der Waals surface area contributed by atoms with Crippen LogP contribution < -0.4 is 9.47 Å². The van der Waals surface area contributed by atoms with Crippen molar-refractivity contribution in [2.75, 3.05) is 20.3 Å². The first kappa shape index (κ1) is 13.2. The molecule has 0 amide bonds. The molecule has 1 aromatic rings. The zero-order chi connectivity index (χ0) is 13.0. The van der Waals surface area contributed by atoms with Crippen molar-refractivity contribution in [3.8, 4) is 11.5 Å². The highest BCUT2D eigenvalue weighted by Gasteiger charge is 2.16. The minimum atomic E-state index is -0.544. The van der Waals surface area contributed by atoms with Crippen molar-refractivity contribution in [2.24, 2.45) is 0 Å². The molecule has 4 heteroatoms. The van der Waals surface area contributed by atoms with Crippen molar-refractivity contribution in [2.45, 2.75) is 32.0 Å². The summed E-state index contributed by atoms with van der Waals surface area (Å²) in [4.78, 5) is 0. The van der Waals surface area contributed by atoms with Crippen molar-refractivity contribution in [1.29, 1.82) is 0 Å². The Balaban J connectivity index is 2.12. The van der Waals surface area contributed by atoms with Crippen molar-refractivity contribution in [3.63, 3.8) is 0 Å². The topological polar surface area (TPSA) is 47.9 Å². The summed E-state index contributed by atoms with van der Waals surface area (Å²) in [7, 11) is 1.64. The molecule has 2 unspecified atom stereocenters. The van der Waals surface area contributed by atoms with Crippen LogP contribution in [0.2, 0.25) is 0 Å². The lowest BCUT2D eigenvalue weighted by atomic mass is 10.0. The van der Waals surface area contributed by atoms with Gasteiger partial charge in [-0.1, -0.05) is 6.07 Å². The fourth-order valence-corrected chi connectivity index (χ4v) is 1.93. The number of aliphatic hydroxyl groups is 1. The number of methoxy groups -OCH3 is 1. The number of ether oxygens (including phenoxy) is 3. The number of fused-ring (bicyclic) bond motifs is 1. The van der Waals surface area contributed by atoms with E-state index in [4.69, 9.17) is 14.2 Å². The van der Waals surface area contributed by atoms with Gasteiger partial charge < -0.3 is 19.3 Å². The molecule has 0 aromatic heterocycles. The second kappa shape index (κ2) is 6.07. The average molecular weight is 252 g/mol. The lowest BCUT2D eigenvalue weighted by Crippen LogP contribution is -2.11. The van der Waals surface area contributed by atoms with Crippen LogP contribution in [0.3, 0.4) is 0 Å². The molecule has 1 N–H and O–H groups in total. The third kappa shape index (κ3) is 3.15. The first-order chi connectivity index (χ1) is 8.70. The Morgan fingerprint density at radius 2 is 2.00 bits per heavy atom. The van der Waals surface area contributed by atoms with E-state index in [2.05, 4.69) is 0 Å². The summed E-state index contributed by atoms with van der Waals surface area (Å²) in [5.74, 6) is 1.47. The molecule has 1 aliphatic heterocycles. The molecule has 0 aliphatic carbocycles. The Kier molecular flexibility index (Phi) is 4.44. The Hall–Kier alpha value is -1.26. The van der Waals surface area contributed by atoms with Crippen molar-refractivity contribution in [3.05, 3.63) is 23.8 Å². The van der Waals surface area contributed by atoms with Gasteiger partial charge in [-0.25, -0.2) is 0 Å². The quantitative estimate of drug-likeness (QED) is 0.893. The second-order valence-electron chi connectivity index (χ2n) is 4.55. The van der Waals surface area contributed by atoms with Crippen LogP contribution in [0.5, 0.6) is 11.5 Å². The highest BCUT2D eigenvalue weighted by molar-refractivity contribution is 5.44. The molecule has 2 rings (SSSR count). The van der Waals surface area contributed by atoms with Crippen LogP contribution >= 0.6 is 0 Å². The van der Waals surface area contributed by atoms with E-state index in [0.29, 0.717) is 25.4 Å². The molecular weight excluding hydrogens is 232 g/mol. The van der Waals surface area contributed by atoms with Gasteiger partial charge in [-0.15, -0.1) is 0 Å². The van der Waals surface area contributed by atoms with Gasteiger partial charge in [0.2, 0.25) is 0 Å². The fraction of sp³-hybridized carbons (Fsp3) is 0.571. The minimum absolute atomic E-state index is 0.0241. The average Bonchev–Trinajstić information content (AvgIpc) is 2.62. The molecule has 1 aliphatic rings. The Morgan fingerprint density at radius 1 is 1.28 bits per heavy atom. The number of aliphatic hydroxyl groups excluding tert-OH is 1. The Bertz CT molecular complexity index is 391. The summed E-state index contributed by atoms with van der Waals surface area (Å²) in [5, 5.41) is 10.1. The smallest absolute Gasteiger partial charge is 0.161 e. The Labute approximate surface area is 107 Å². The van der Waals surface area contributed by atoms with Crippen LogP contribution in [0, 0.1) is 0 Å². The van der Waals surface area contributed by atoms with Gasteiger partial charge in [0.15, 0.2) is 11.5 Å². The summed E-state index contributed by atoms with van der Waals surface area (Å²) in [6, 6.07) is 5.59. The van der Waals surface area contributed by atoms with Crippen LogP contribution in [-0.4, -0.2) is 31.5 Å². The third-order valence-corrected chi connectivity index (χ3v) is 3.11. The second-order valence-corrected chi connectivity index (χ2v) is 4.55. The first-order valence-corrected chi connectivity index (χ1v) is 6.31. The number of hydrogen-bond acceptors (Lipinski definition) is 4. The van der Waals surface area contributed by atoms with E-state index in [1.54, 1.807) is 7.11 Å². The van der Waals surface area contributed by atoms with Gasteiger partial charge in [-0.2, -0.15) is 0 Å². The largest absolute Gasteiger partial charge is 0.490 e. The van der Waals surface area contributed by atoms with Crippen LogP contribution in [0.1, 0.15) is 31.4 Å². The van der Waals surface area contributed by atoms with Crippen molar-refractivity contribution >= 4 is 0 Å². The van der Waals surface area contributed by atoms with E-state index in [1.807, 2.05) is 25.1 Å². The zero-order valence-corrected chi connectivity index (χ0v) is 10.9. The van der Waals surface area contributed by atoms with Gasteiger partial charge in [0, 0.05) is 20.0 Å². The van der Waals surface area contributed by atoms with Gasteiger partial charge in [-0.05, 0) is 24.6 Å². The summed E-state index contributed by atoms with van der Waals surface area (Å²) >= 11 is 0. The lowest BCUT2D eigenvalue weighted by molar-refractivity contribution is 0.0558. The lowest BCUT2D eigenvalue weighted by Gasteiger charge is -2.17. The van der Waals surface area contributed by atoms with E-state index in [0.717, 1.165) is 17.7 Å². The molecule has 0 bridgehead atoms. The maximum Gasteiger partial charge on any atom is 0.161 e. The third-order valence-electron chi connectivity index (χ3n) is 3.11. The predicted molar refractivity (Wildman–Crippen MR) is 68.1 cm³/mol. The van der Waals surface area contributed by atoms with Gasteiger partial charge in [0.05, 0.1) is 25.4 Å². The van der Waals surface area contributed by atoms with Crippen molar-refractivity contribution in [1.82, 2.24) is 0 Å². The molecule has 100 valence electrons. The van der Waals surface area contributed by atoms with Crippen LogP contribution in [0.15, 0.2) is 18.2 Å². The molecule has 0 saturated heterocycles. The molecule has 0 radical (unpaired) electrons. The molecule has 2 atom stereocenters. The first-order valence-electron chi connectivity index (χ1n) is 6.31. The van der Waals surface area contributed by atoms with Gasteiger partial charge in [0.25, 0.3) is 0 Å². The highest BCUT2D eigenvalue weighted by Crippen LogP contribution is 2.33. The van der Waals surface area contributed by atoms with Crippen LogP contribution in [0.4, 0.5) is 0 Å². The molecule has 1 heterocycles. The molecule has 0 fully saturated rings. The van der Waals surface area contributed by atoms with Crippen LogP contribution in [0.25, 0.3) is 0 Å². The maximum absolute atomic E-state index is 10.1. The number of rotatable bonds is 4. The van der Waals surface area contributed by atoms with E-state index >= 15 is 0 Å². The molecule has 0 saturated carbocycles. The predicted octanol–water partition coefficient (Wildman–Crippen LogP) is 2.31. The van der Waals surface area contributed by atoms with E-state index in [-0.39, 0.29) is 6.10 Å². The van der Waals surface area contributed by atoms with Gasteiger partial charge >= 0.3 is 0 Å². The van der Waals surface area contributed by atoms with E-state index in [9.17, 15) is 5.11 Å². The zero-order valence-electron chi connectivity index (χ0n) is 10.9. The van der Waals surface area contributed by atoms with E-state index < -0.39 is 6.10 Å². The molecule has 1 aromatic carbocycles. The molecular formula is C14H20O4. The monoisotopic (exact) mass is 252 g/mol. The highest BCUT2D eigenvalue weighted by atomic mass is 16.5. The van der Waals surface area contributed by atoms with Gasteiger partial charge in [0.1, 0.15) is 0 Å². The molecule has 0 spiro atoms. The Morgan fingerprint density at radius 3 is 2.72 bits per heavy atom. The number of hydrogen-bond donors (Lipinski definition) is 1. The SMILES string of the molecule is COC(C)CC(O)c1ccc2c(c1)OCCCO2. The van der Waals surface area contributed by atoms with Crippen molar-refractivity contribution < 1.29 is 19.3 Å². The van der Waals surface area contributed by atoms with Gasteiger partial charge in [-0.3, -0.25) is 0 Å². The summed E-state index contributed by atoms with van der Waals surface area (Å²) in [6.07, 6.45) is 0.928. The van der Waals surface area contributed by atoms with E-state index in [1.165, 1.54) is 0 Å². The molecule has 18 heavy (non-hydrogen) atoms. The number of benzene rings is 1. The minimum Gasteiger partial charge on any atom is -0.490 e. The summed E-state index contributed by atoms with van der Waals surface area (Å²) in [5.41, 5.74) is 0.836. The summed E-state index contributed by atoms with van der Waals surface area (Å²) < 4.78 is 16.3. The normalized spacial score (nSPS) is 17.9. The fourth-order valence-electron chi connectivity index (χ4n) is 1.93. The van der Waals surface area contributed by atoms with Crippen LogP contribution in [-0.2, 0) is 4.74 Å².